The van der Waals surface area contributed by atoms with Crippen molar-refractivity contribution >= 4 is 29.3 Å². The normalized spacial score (nSPS) is 22.2. The summed E-state index contributed by atoms with van der Waals surface area (Å²) in [5.74, 6) is 1.84. The maximum absolute atomic E-state index is 4.54. The van der Waals surface area contributed by atoms with Gasteiger partial charge in [-0.3, -0.25) is 0 Å². The van der Waals surface area contributed by atoms with E-state index in [1.165, 1.54) is 49.5 Å². The number of nitrogens with zero attached hydrogens (tertiary/aromatic N) is 2. The van der Waals surface area contributed by atoms with Crippen molar-refractivity contribution in [3.63, 3.8) is 0 Å². The minimum Gasteiger partial charge on any atom is -0.365 e. The summed E-state index contributed by atoms with van der Waals surface area (Å²) in [5, 5.41) is 8.31. The molecule has 0 radical (unpaired) electrons. The maximum Gasteiger partial charge on any atom is 0.143 e. The van der Waals surface area contributed by atoms with Crippen molar-refractivity contribution in [2.45, 2.75) is 51.0 Å². The molecule has 3 heterocycles. The van der Waals surface area contributed by atoms with Crippen molar-refractivity contribution in [2.24, 2.45) is 5.92 Å². The van der Waals surface area contributed by atoms with Gasteiger partial charge in [-0.2, -0.15) is 0 Å². The molecule has 1 atom stereocenters. The summed E-state index contributed by atoms with van der Waals surface area (Å²) in [6, 6.07) is 0.473. The van der Waals surface area contributed by atoms with Gasteiger partial charge >= 0.3 is 0 Å². The minimum atomic E-state index is 0. The van der Waals surface area contributed by atoms with Gasteiger partial charge in [0, 0.05) is 18.8 Å². The van der Waals surface area contributed by atoms with Crippen molar-refractivity contribution < 1.29 is 0 Å². The highest BCUT2D eigenvalue weighted by molar-refractivity contribution is 5.90. The number of fused-ring (bicyclic) bond motifs is 1. The first-order chi connectivity index (χ1) is 10.9. The average molecular weight is 336 g/mol. The second kappa shape index (κ2) is 7.49. The Balaban J connectivity index is 0.00000156. The zero-order valence-electron chi connectivity index (χ0n) is 13.5. The van der Waals surface area contributed by atoms with E-state index >= 15 is 0 Å². The van der Waals surface area contributed by atoms with E-state index in [1.54, 1.807) is 6.33 Å². The average Bonchev–Trinajstić information content (AvgIpc) is 3.20. The first kappa shape index (κ1) is 16.5. The highest BCUT2D eigenvalue weighted by Gasteiger charge is 2.20. The fourth-order valence-corrected chi connectivity index (χ4v) is 3.99. The number of hydrogen-bond donors (Lipinski definition) is 3. The van der Waals surface area contributed by atoms with Gasteiger partial charge in [-0.15, -0.1) is 12.4 Å². The predicted octanol–water partition coefficient (Wildman–Crippen LogP) is 3.28. The zero-order chi connectivity index (χ0) is 14.8. The number of aromatic amines is 1. The van der Waals surface area contributed by atoms with Crippen LogP contribution in [0.15, 0.2) is 12.5 Å². The molecule has 2 aliphatic rings. The third-order valence-corrected chi connectivity index (χ3v) is 5.17. The van der Waals surface area contributed by atoms with Crippen LogP contribution in [0, 0.1) is 5.92 Å². The topological polar surface area (TPSA) is 65.6 Å². The molecule has 3 N–H and O–H groups in total. The van der Waals surface area contributed by atoms with Gasteiger partial charge in [0.15, 0.2) is 0 Å². The van der Waals surface area contributed by atoms with E-state index in [1.807, 2.05) is 0 Å². The molecular weight excluding hydrogens is 310 g/mol. The lowest BCUT2D eigenvalue weighted by atomic mass is 9.98. The van der Waals surface area contributed by atoms with Gasteiger partial charge in [-0.05, 0) is 37.3 Å². The number of nitrogens with one attached hydrogen (secondary N) is 3. The van der Waals surface area contributed by atoms with E-state index in [0.717, 1.165) is 36.9 Å². The Bertz CT molecular complexity index is 629. The largest absolute Gasteiger partial charge is 0.365 e. The summed E-state index contributed by atoms with van der Waals surface area (Å²) in [4.78, 5) is 12.3. The third-order valence-electron chi connectivity index (χ3n) is 5.17. The number of hydrogen-bond acceptors (Lipinski definition) is 4. The molecule has 0 bridgehead atoms. The van der Waals surface area contributed by atoms with Crippen LogP contribution in [0.25, 0.3) is 11.0 Å². The van der Waals surface area contributed by atoms with Crippen molar-refractivity contribution in [3.05, 3.63) is 18.1 Å². The van der Waals surface area contributed by atoms with Crippen LogP contribution in [0.1, 0.15) is 44.1 Å². The molecule has 126 valence electrons. The molecular formula is C17H26ClN5. The van der Waals surface area contributed by atoms with Crippen molar-refractivity contribution in [3.8, 4) is 0 Å². The first-order valence-corrected chi connectivity index (χ1v) is 8.68. The van der Waals surface area contributed by atoms with Gasteiger partial charge in [0.25, 0.3) is 0 Å². The number of halogens is 1. The molecule has 2 aromatic rings. The summed E-state index contributed by atoms with van der Waals surface area (Å²) in [5.41, 5.74) is 2.35. The SMILES string of the molecule is Cl.c1nc(N[C@@H]2CCCNC2)c2c(CC3CCCC3)c[nH]c2n1. The van der Waals surface area contributed by atoms with Crippen LogP contribution in [-0.2, 0) is 6.42 Å². The van der Waals surface area contributed by atoms with Gasteiger partial charge < -0.3 is 15.6 Å². The Labute approximate surface area is 143 Å². The molecule has 1 saturated carbocycles. The summed E-state index contributed by atoms with van der Waals surface area (Å²) in [6.45, 7) is 2.16. The summed E-state index contributed by atoms with van der Waals surface area (Å²) in [7, 11) is 0. The quantitative estimate of drug-likeness (QED) is 0.802. The lowest BCUT2D eigenvalue weighted by Gasteiger charge is -2.24. The molecule has 1 aliphatic carbocycles. The number of H-pyrrole nitrogens is 1. The summed E-state index contributed by atoms with van der Waals surface area (Å²) < 4.78 is 0. The van der Waals surface area contributed by atoms with E-state index < -0.39 is 0 Å². The fraction of sp³-hybridized carbons (Fsp3) is 0.647. The molecule has 0 amide bonds. The van der Waals surface area contributed by atoms with Crippen LogP contribution in [0.4, 0.5) is 5.82 Å². The van der Waals surface area contributed by atoms with E-state index in [9.17, 15) is 0 Å². The highest BCUT2D eigenvalue weighted by atomic mass is 35.5. The lowest BCUT2D eigenvalue weighted by Crippen LogP contribution is -2.38. The number of anilines is 1. The van der Waals surface area contributed by atoms with Crippen LogP contribution >= 0.6 is 12.4 Å². The summed E-state index contributed by atoms with van der Waals surface area (Å²) in [6.07, 6.45) is 12.9. The molecule has 2 aromatic heterocycles. The molecule has 2 fully saturated rings. The van der Waals surface area contributed by atoms with Crippen LogP contribution in [0.5, 0.6) is 0 Å². The van der Waals surface area contributed by atoms with Crippen molar-refractivity contribution in [1.29, 1.82) is 0 Å². The monoisotopic (exact) mass is 335 g/mol. The zero-order valence-corrected chi connectivity index (χ0v) is 14.3. The summed E-state index contributed by atoms with van der Waals surface area (Å²) >= 11 is 0. The third kappa shape index (κ3) is 3.61. The smallest absolute Gasteiger partial charge is 0.143 e. The maximum atomic E-state index is 4.54. The fourth-order valence-electron chi connectivity index (χ4n) is 3.99. The van der Waals surface area contributed by atoms with Gasteiger partial charge in [0.2, 0.25) is 0 Å². The molecule has 4 rings (SSSR count). The molecule has 0 spiro atoms. The van der Waals surface area contributed by atoms with E-state index in [-0.39, 0.29) is 12.4 Å². The standard InChI is InChI=1S/C17H25N5.ClH/c1-2-5-12(4-1)8-13-9-19-16-15(13)17(21-11-20-16)22-14-6-3-7-18-10-14;/h9,11-12,14,18H,1-8,10H2,(H2,19,20,21,22);1H/t14-;/m1./s1. The first-order valence-electron chi connectivity index (χ1n) is 8.68. The van der Waals surface area contributed by atoms with E-state index in [0.29, 0.717) is 6.04 Å². The van der Waals surface area contributed by atoms with Gasteiger partial charge in [0.05, 0.1) is 5.39 Å². The predicted molar refractivity (Wildman–Crippen MR) is 96.3 cm³/mol. The molecule has 23 heavy (non-hydrogen) atoms. The Morgan fingerprint density at radius 3 is 2.78 bits per heavy atom. The van der Waals surface area contributed by atoms with Crippen molar-refractivity contribution in [2.75, 3.05) is 18.4 Å². The Hall–Kier alpha value is -1.33. The second-order valence-corrected chi connectivity index (χ2v) is 6.80. The highest BCUT2D eigenvalue weighted by Crippen LogP contribution is 2.32. The van der Waals surface area contributed by atoms with Crippen molar-refractivity contribution in [1.82, 2.24) is 20.3 Å². The Morgan fingerprint density at radius 1 is 1.13 bits per heavy atom. The van der Waals surface area contributed by atoms with Crippen LogP contribution in [0.3, 0.4) is 0 Å². The minimum absolute atomic E-state index is 0. The van der Waals surface area contributed by atoms with E-state index in [2.05, 4.69) is 31.8 Å². The lowest BCUT2D eigenvalue weighted by molar-refractivity contribution is 0.479. The van der Waals surface area contributed by atoms with Crippen LogP contribution in [-0.4, -0.2) is 34.1 Å². The number of aromatic nitrogens is 3. The number of rotatable bonds is 4. The van der Waals surface area contributed by atoms with Gasteiger partial charge in [-0.25, -0.2) is 9.97 Å². The van der Waals surface area contributed by atoms with Gasteiger partial charge in [0.1, 0.15) is 17.8 Å². The molecule has 6 heteroatoms. The number of piperidine rings is 1. The van der Waals surface area contributed by atoms with Crippen LogP contribution < -0.4 is 10.6 Å². The molecule has 1 saturated heterocycles. The Morgan fingerprint density at radius 2 is 2.00 bits per heavy atom. The molecule has 5 nitrogen and oxygen atoms in total. The molecule has 0 unspecified atom stereocenters. The van der Waals surface area contributed by atoms with Crippen LogP contribution in [0.2, 0.25) is 0 Å². The van der Waals surface area contributed by atoms with E-state index in [4.69, 9.17) is 0 Å². The van der Waals surface area contributed by atoms with Gasteiger partial charge in [-0.1, -0.05) is 25.7 Å². The molecule has 0 aromatic carbocycles. The molecule has 1 aliphatic heterocycles. The second-order valence-electron chi connectivity index (χ2n) is 6.80. The Kier molecular flexibility index (Phi) is 5.38.